The lowest BCUT2D eigenvalue weighted by Crippen LogP contribution is -2.33. The largest absolute Gasteiger partial charge is 0.507 e. The fourth-order valence-corrected chi connectivity index (χ4v) is 3.60. The number of H-pyrrole nitrogens is 1. The van der Waals surface area contributed by atoms with Crippen LogP contribution in [-0.4, -0.2) is 16.8 Å². The van der Waals surface area contributed by atoms with E-state index in [1.165, 1.54) is 29.2 Å². The lowest BCUT2D eigenvalue weighted by molar-refractivity contribution is -0.363. The van der Waals surface area contributed by atoms with Crippen LogP contribution in [0.5, 0.6) is 0 Å². The number of nitrogens with one attached hydrogen (secondary N) is 1. The fraction of sp³-hybridized carbons (Fsp3) is 0.0455. The molecule has 1 fully saturated rings. The Morgan fingerprint density at radius 2 is 1.69 bits per heavy atom. The van der Waals surface area contributed by atoms with Gasteiger partial charge < -0.3 is 5.11 Å². The quantitative estimate of drug-likeness (QED) is 0.369. The summed E-state index contributed by atoms with van der Waals surface area (Å²) in [5.41, 5.74) is 0.845. The zero-order valence-electron chi connectivity index (χ0n) is 15.0. The predicted molar refractivity (Wildman–Crippen MR) is 108 cm³/mol. The molecule has 1 saturated heterocycles. The number of benzene rings is 2. The molecular weight excluding hydrogens is 439 g/mol. The zero-order chi connectivity index (χ0) is 20.5. The van der Waals surface area contributed by atoms with E-state index in [-0.39, 0.29) is 11.3 Å². The van der Waals surface area contributed by atoms with Gasteiger partial charge in [0.1, 0.15) is 11.6 Å². The molecule has 2 aromatic carbocycles. The van der Waals surface area contributed by atoms with Crippen LogP contribution < -0.4 is 9.88 Å². The molecule has 3 aromatic rings. The van der Waals surface area contributed by atoms with Gasteiger partial charge in [-0.3, -0.25) is 4.79 Å². The Morgan fingerprint density at radius 1 is 1.00 bits per heavy atom. The van der Waals surface area contributed by atoms with Crippen LogP contribution in [0.25, 0.3) is 5.76 Å². The number of aliphatic hydroxyl groups excluding tert-OH is 1. The normalized spacial score (nSPS) is 18.3. The van der Waals surface area contributed by atoms with E-state index in [1.54, 1.807) is 48.7 Å². The summed E-state index contributed by atoms with van der Waals surface area (Å²) in [6, 6.07) is 16.5. The van der Waals surface area contributed by atoms with Crippen LogP contribution >= 0.6 is 15.9 Å². The first-order valence-electron chi connectivity index (χ1n) is 8.76. The highest BCUT2D eigenvalue weighted by atomic mass is 79.9. The molecule has 1 aromatic heterocycles. The summed E-state index contributed by atoms with van der Waals surface area (Å²) in [6.07, 6.45) is 1.63. The second-order valence-electron chi connectivity index (χ2n) is 6.48. The first-order chi connectivity index (χ1) is 14.0. The molecule has 1 unspecified atom stereocenters. The van der Waals surface area contributed by atoms with Gasteiger partial charge in [-0.15, -0.1) is 0 Å². The van der Waals surface area contributed by atoms with Crippen molar-refractivity contribution in [3.05, 3.63) is 99.9 Å². The van der Waals surface area contributed by atoms with Gasteiger partial charge in [0.05, 0.1) is 11.8 Å². The van der Waals surface area contributed by atoms with E-state index in [2.05, 4.69) is 20.9 Å². The standard InChI is InChI=1S/C22H14BrFN2O3/c23-15-8-4-14(5-9-15)20(27)18-19(13-6-10-16(24)11-7-13)26(22(29)21(18)28)17-3-1-2-12-25-17/h1-12,19,27H/p+1. The van der Waals surface area contributed by atoms with Gasteiger partial charge in [-0.05, 0) is 30.3 Å². The van der Waals surface area contributed by atoms with Gasteiger partial charge in [-0.1, -0.05) is 46.3 Å². The molecule has 144 valence electrons. The van der Waals surface area contributed by atoms with Gasteiger partial charge in [0.25, 0.3) is 11.6 Å². The number of pyridine rings is 1. The Balaban J connectivity index is 1.94. The summed E-state index contributed by atoms with van der Waals surface area (Å²) in [7, 11) is 0. The van der Waals surface area contributed by atoms with Gasteiger partial charge in [0, 0.05) is 21.7 Å². The van der Waals surface area contributed by atoms with E-state index in [0.717, 1.165) is 4.47 Å². The van der Waals surface area contributed by atoms with Crippen LogP contribution in [-0.2, 0) is 9.59 Å². The second kappa shape index (κ2) is 7.60. The number of aliphatic hydroxyl groups is 1. The number of hydrogen-bond acceptors (Lipinski definition) is 3. The van der Waals surface area contributed by atoms with Crippen LogP contribution in [0.3, 0.4) is 0 Å². The van der Waals surface area contributed by atoms with Crippen LogP contribution in [0, 0.1) is 5.82 Å². The van der Waals surface area contributed by atoms with Crippen molar-refractivity contribution in [3.63, 3.8) is 0 Å². The molecule has 5 nitrogen and oxygen atoms in total. The van der Waals surface area contributed by atoms with Crippen LogP contribution in [0.1, 0.15) is 17.2 Å². The van der Waals surface area contributed by atoms with Crippen LogP contribution in [0.2, 0.25) is 0 Å². The van der Waals surface area contributed by atoms with Crippen molar-refractivity contribution >= 4 is 39.2 Å². The minimum absolute atomic E-state index is 0.0545. The van der Waals surface area contributed by atoms with E-state index in [4.69, 9.17) is 0 Å². The van der Waals surface area contributed by atoms with Crippen molar-refractivity contribution in [2.24, 2.45) is 0 Å². The average Bonchev–Trinajstić information content (AvgIpc) is 3.00. The fourth-order valence-electron chi connectivity index (χ4n) is 3.34. The second-order valence-corrected chi connectivity index (χ2v) is 7.39. The SMILES string of the molecule is O=C1C(=O)N(c2cccc[nH+]2)C(c2ccc(F)cc2)C1=C(O)c1ccc(Br)cc1. The Bertz CT molecular complexity index is 1110. The molecule has 0 aliphatic carbocycles. The van der Waals surface area contributed by atoms with Crippen molar-refractivity contribution in [1.29, 1.82) is 0 Å². The number of amides is 1. The Hall–Kier alpha value is -3.32. The van der Waals surface area contributed by atoms with E-state index in [0.29, 0.717) is 16.9 Å². The molecule has 1 atom stereocenters. The Kier molecular flexibility index (Phi) is 4.98. The van der Waals surface area contributed by atoms with E-state index in [1.807, 2.05) is 0 Å². The molecule has 1 aliphatic rings. The number of hydrogen-bond donors (Lipinski definition) is 1. The zero-order valence-corrected chi connectivity index (χ0v) is 16.6. The molecule has 0 radical (unpaired) electrons. The lowest BCUT2D eigenvalue weighted by Gasteiger charge is -2.18. The highest BCUT2D eigenvalue weighted by molar-refractivity contribution is 9.10. The Morgan fingerprint density at radius 3 is 2.31 bits per heavy atom. The molecule has 1 amide bonds. The maximum Gasteiger partial charge on any atom is 0.382 e. The number of carbonyl (C=O) groups excluding carboxylic acids is 2. The molecule has 2 heterocycles. The van der Waals surface area contributed by atoms with Crippen molar-refractivity contribution < 1.29 is 24.1 Å². The number of Topliss-reactive ketones (excluding diaryl/α,β-unsaturated/α-hetero) is 1. The minimum Gasteiger partial charge on any atom is -0.507 e. The molecule has 4 rings (SSSR count). The molecule has 2 N–H and O–H groups in total. The van der Waals surface area contributed by atoms with Crippen LogP contribution in [0.15, 0.2) is 83.0 Å². The van der Waals surface area contributed by atoms with Gasteiger partial charge in [-0.2, -0.15) is 4.90 Å². The van der Waals surface area contributed by atoms with Gasteiger partial charge in [0.2, 0.25) is 0 Å². The summed E-state index contributed by atoms with van der Waals surface area (Å²) in [6.45, 7) is 0. The van der Waals surface area contributed by atoms with E-state index in [9.17, 15) is 19.1 Å². The third-order valence-corrected chi connectivity index (χ3v) is 5.23. The molecule has 7 heteroatoms. The van der Waals surface area contributed by atoms with Gasteiger partial charge in [-0.25, -0.2) is 14.2 Å². The van der Waals surface area contributed by atoms with E-state index < -0.39 is 23.5 Å². The highest BCUT2D eigenvalue weighted by Gasteiger charge is 2.53. The van der Waals surface area contributed by atoms with Crippen molar-refractivity contribution in [1.82, 2.24) is 0 Å². The number of nitrogens with zero attached hydrogens (tertiary/aromatic N) is 1. The monoisotopic (exact) mass is 453 g/mol. The lowest BCUT2D eigenvalue weighted by atomic mass is 9.95. The molecule has 1 aliphatic heterocycles. The number of anilines is 1. The van der Waals surface area contributed by atoms with Crippen LogP contribution in [0.4, 0.5) is 10.2 Å². The molecule has 0 spiro atoms. The summed E-state index contributed by atoms with van der Waals surface area (Å²) in [5, 5.41) is 10.9. The number of aromatic amines is 1. The average molecular weight is 454 g/mol. The smallest absolute Gasteiger partial charge is 0.382 e. The molecule has 0 bridgehead atoms. The number of carbonyl (C=O) groups is 2. The summed E-state index contributed by atoms with van der Waals surface area (Å²) >= 11 is 3.33. The first-order valence-corrected chi connectivity index (χ1v) is 9.56. The maximum absolute atomic E-state index is 13.5. The summed E-state index contributed by atoms with van der Waals surface area (Å²) < 4.78 is 14.3. The van der Waals surface area contributed by atoms with Crippen molar-refractivity contribution in [3.8, 4) is 0 Å². The predicted octanol–water partition coefficient (Wildman–Crippen LogP) is 4.03. The maximum atomic E-state index is 13.5. The molecular formula is C22H15BrFN2O3+. The topological polar surface area (TPSA) is 71.8 Å². The van der Waals surface area contributed by atoms with Crippen molar-refractivity contribution in [2.45, 2.75) is 6.04 Å². The number of ketones is 1. The number of rotatable bonds is 3. The third-order valence-electron chi connectivity index (χ3n) is 4.70. The number of halogens is 2. The van der Waals surface area contributed by atoms with Gasteiger partial charge in [0.15, 0.2) is 6.04 Å². The highest BCUT2D eigenvalue weighted by Crippen LogP contribution is 2.41. The molecule has 29 heavy (non-hydrogen) atoms. The molecule has 0 saturated carbocycles. The van der Waals surface area contributed by atoms with E-state index >= 15 is 0 Å². The van der Waals surface area contributed by atoms with Gasteiger partial charge >= 0.3 is 5.91 Å². The summed E-state index contributed by atoms with van der Waals surface area (Å²) in [4.78, 5) is 30.0. The summed E-state index contributed by atoms with van der Waals surface area (Å²) in [5.74, 6) is -1.93. The third kappa shape index (κ3) is 3.45. The number of aromatic nitrogens is 1. The minimum atomic E-state index is -0.905. The first kappa shape index (κ1) is 19.0. The van der Waals surface area contributed by atoms with Crippen molar-refractivity contribution in [2.75, 3.05) is 4.90 Å². The Labute approximate surface area is 174 Å².